The molecular formula is C13H19BN2O2. The molecular weight excluding hydrogens is 227 g/mol. The third-order valence-electron chi connectivity index (χ3n) is 2.70. The summed E-state index contributed by atoms with van der Waals surface area (Å²) in [5, 5.41) is 1.08. The molecule has 3 rings (SSSR count). The van der Waals surface area contributed by atoms with Gasteiger partial charge in [0.25, 0.3) is 0 Å². The molecule has 2 aromatic heterocycles. The number of nitrogens with one attached hydrogen (secondary N) is 1. The standard InChI is InChI=1S/C11H13BN2O2.C2H6/c1-11(2)7-15-12(16-11)9-5-8-3-4-13-10(8)14-6-9;1-2/h3-6H,7H2,1-2H3,(H,13,14);1-2H3. The van der Waals surface area contributed by atoms with Crippen molar-refractivity contribution in [3.63, 3.8) is 0 Å². The molecule has 0 aromatic carbocycles. The average molecular weight is 246 g/mol. The van der Waals surface area contributed by atoms with Crippen molar-refractivity contribution in [1.82, 2.24) is 9.97 Å². The third kappa shape index (κ3) is 2.57. The lowest BCUT2D eigenvalue weighted by Gasteiger charge is -2.15. The molecule has 1 fully saturated rings. The summed E-state index contributed by atoms with van der Waals surface area (Å²) < 4.78 is 11.4. The normalized spacial score (nSPS) is 17.7. The van der Waals surface area contributed by atoms with E-state index < -0.39 is 0 Å². The molecule has 3 heterocycles. The van der Waals surface area contributed by atoms with E-state index in [-0.39, 0.29) is 12.7 Å². The highest BCUT2D eigenvalue weighted by molar-refractivity contribution is 6.62. The van der Waals surface area contributed by atoms with Crippen LogP contribution in [0.1, 0.15) is 27.7 Å². The van der Waals surface area contributed by atoms with Crippen molar-refractivity contribution in [3.8, 4) is 0 Å². The quantitative estimate of drug-likeness (QED) is 0.784. The maximum atomic E-state index is 5.79. The van der Waals surface area contributed by atoms with E-state index in [1.807, 2.05) is 46.0 Å². The molecule has 1 saturated heterocycles. The van der Waals surface area contributed by atoms with Crippen LogP contribution in [0.4, 0.5) is 0 Å². The van der Waals surface area contributed by atoms with Gasteiger partial charge in [-0.15, -0.1) is 0 Å². The molecule has 0 atom stereocenters. The number of fused-ring (bicyclic) bond motifs is 1. The Bertz CT molecular complexity index is 524. The fourth-order valence-electron chi connectivity index (χ4n) is 1.88. The van der Waals surface area contributed by atoms with E-state index in [9.17, 15) is 0 Å². The molecule has 0 radical (unpaired) electrons. The van der Waals surface area contributed by atoms with Crippen LogP contribution < -0.4 is 5.46 Å². The molecule has 0 aliphatic carbocycles. The summed E-state index contributed by atoms with van der Waals surface area (Å²) in [5.74, 6) is 0. The minimum absolute atomic E-state index is 0.211. The van der Waals surface area contributed by atoms with Crippen molar-refractivity contribution in [1.29, 1.82) is 0 Å². The second kappa shape index (κ2) is 5.12. The third-order valence-corrected chi connectivity index (χ3v) is 2.70. The minimum Gasteiger partial charge on any atom is -0.404 e. The average Bonchev–Trinajstić information content (AvgIpc) is 2.96. The summed E-state index contributed by atoms with van der Waals surface area (Å²) in [5.41, 5.74) is 1.65. The molecule has 1 aliphatic heterocycles. The van der Waals surface area contributed by atoms with E-state index in [2.05, 4.69) is 9.97 Å². The van der Waals surface area contributed by atoms with Crippen LogP contribution in [0.25, 0.3) is 11.0 Å². The van der Waals surface area contributed by atoms with Gasteiger partial charge in [0.2, 0.25) is 0 Å². The van der Waals surface area contributed by atoms with Gasteiger partial charge in [-0.25, -0.2) is 4.98 Å². The second-order valence-electron chi connectivity index (χ2n) is 4.70. The van der Waals surface area contributed by atoms with Gasteiger partial charge in [-0.2, -0.15) is 0 Å². The predicted molar refractivity (Wildman–Crippen MR) is 73.9 cm³/mol. The van der Waals surface area contributed by atoms with Crippen molar-refractivity contribution >= 4 is 23.6 Å². The van der Waals surface area contributed by atoms with Gasteiger partial charge >= 0.3 is 7.12 Å². The van der Waals surface area contributed by atoms with Crippen LogP contribution in [0.5, 0.6) is 0 Å². The fourth-order valence-corrected chi connectivity index (χ4v) is 1.88. The van der Waals surface area contributed by atoms with Crippen LogP contribution in [0.15, 0.2) is 24.5 Å². The molecule has 96 valence electrons. The Kier molecular flexibility index (Phi) is 3.73. The second-order valence-corrected chi connectivity index (χ2v) is 4.70. The molecule has 0 saturated carbocycles. The van der Waals surface area contributed by atoms with Crippen LogP contribution in [-0.2, 0) is 9.31 Å². The molecule has 0 spiro atoms. The molecule has 18 heavy (non-hydrogen) atoms. The zero-order valence-corrected chi connectivity index (χ0v) is 11.4. The predicted octanol–water partition coefficient (Wildman–Crippen LogP) is 2.11. The van der Waals surface area contributed by atoms with Crippen LogP contribution in [0.2, 0.25) is 0 Å². The van der Waals surface area contributed by atoms with E-state index in [4.69, 9.17) is 9.31 Å². The van der Waals surface area contributed by atoms with Crippen molar-refractivity contribution in [2.24, 2.45) is 0 Å². The summed E-state index contributed by atoms with van der Waals surface area (Å²) >= 11 is 0. The van der Waals surface area contributed by atoms with Gasteiger partial charge in [0.1, 0.15) is 5.65 Å². The van der Waals surface area contributed by atoms with Gasteiger partial charge in [0.15, 0.2) is 0 Å². The first kappa shape index (κ1) is 13.1. The lowest BCUT2D eigenvalue weighted by molar-refractivity contribution is 0.137. The Balaban J connectivity index is 0.000000574. The zero-order valence-electron chi connectivity index (χ0n) is 11.4. The fraction of sp³-hybridized carbons (Fsp3) is 0.462. The zero-order chi connectivity index (χ0) is 13.2. The Morgan fingerprint density at radius 3 is 2.83 bits per heavy atom. The molecule has 5 heteroatoms. The van der Waals surface area contributed by atoms with Crippen LogP contribution in [0.3, 0.4) is 0 Å². The maximum Gasteiger partial charge on any atom is 0.496 e. The lowest BCUT2D eigenvalue weighted by Crippen LogP contribution is -2.34. The summed E-state index contributed by atoms with van der Waals surface area (Å²) in [6, 6.07) is 4.04. The summed E-state index contributed by atoms with van der Waals surface area (Å²) in [7, 11) is -0.290. The number of hydrogen-bond acceptors (Lipinski definition) is 3. The Morgan fingerprint density at radius 1 is 1.39 bits per heavy atom. The van der Waals surface area contributed by atoms with Gasteiger partial charge in [-0.05, 0) is 26.0 Å². The van der Waals surface area contributed by atoms with Gasteiger partial charge in [0.05, 0.1) is 12.2 Å². The molecule has 2 aromatic rings. The molecule has 1 N–H and O–H groups in total. The van der Waals surface area contributed by atoms with E-state index in [1.54, 1.807) is 6.20 Å². The number of H-pyrrole nitrogens is 1. The van der Waals surface area contributed by atoms with Crippen molar-refractivity contribution in [2.45, 2.75) is 33.3 Å². The van der Waals surface area contributed by atoms with Crippen LogP contribution in [0, 0.1) is 0 Å². The number of pyridine rings is 1. The Morgan fingerprint density at radius 2 is 2.17 bits per heavy atom. The van der Waals surface area contributed by atoms with Crippen LogP contribution in [-0.4, -0.2) is 29.3 Å². The first-order valence-electron chi connectivity index (χ1n) is 6.36. The van der Waals surface area contributed by atoms with Crippen LogP contribution >= 0.6 is 0 Å². The topological polar surface area (TPSA) is 47.1 Å². The maximum absolute atomic E-state index is 5.79. The summed E-state index contributed by atoms with van der Waals surface area (Å²) in [4.78, 5) is 7.38. The number of nitrogens with zero attached hydrogens (tertiary/aromatic N) is 1. The number of rotatable bonds is 1. The first-order valence-corrected chi connectivity index (χ1v) is 6.36. The highest BCUT2D eigenvalue weighted by Crippen LogP contribution is 2.19. The lowest BCUT2D eigenvalue weighted by atomic mass is 9.80. The van der Waals surface area contributed by atoms with E-state index in [0.29, 0.717) is 6.61 Å². The Hall–Kier alpha value is -1.33. The minimum atomic E-state index is -0.290. The van der Waals surface area contributed by atoms with Gasteiger partial charge in [0, 0.05) is 23.2 Å². The summed E-state index contributed by atoms with van der Waals surface area (Å²) in [6.45, 7) is 8.66. The molecule has 0 amide bonds. The van der Waals surface area contributed by atoms with E-state index >= 15 is 0 Å². The van der Waals surface area contributed by atoms with E-state index in [1.165, 1.54) is 0 Å². The van der Waals surface area contributed by atoms with Crippen molar-refractivity contribution in [3.05, 3.63) is 24.5 Å². The molecule has 1 aliphatic rings. The van der Waals surface area contributed by atoms with Gasteiger partial charge in [-0.3, -0.25) is 0 Å². The first-order chi connectivity index (χ1) is 8.64. The SMILES string of the molecule is CC.CC1(C)COB(c2cnc3[nH]ccc3c2)O1. The molecule has 0 bridgehead atoms. The number of aromatic amines is 1. The molecule has 4 nitrogen and oxygen atoms in total. The monoisotopic (exact) mass is 246 g/mol. The summed E-state index contributed by atoms with van der Waals surface area (Å²) in [6.07, 6.45) is 3.67. The highest BCUT2D eigenvalue weighted by Gasteiger charge is 2.38. The highest BCUT2D eigenvalue weighted by atomic mass is 16.7. The Labute approximate surface area is 108 Å². The smallest absolute Gasteiger partial charge is 0.404 e. The number of aromatic nitrogens is 2. The van der Waals surface area contributed by atoms with E-state index in [0.717, 1.165) is 16.5 Å². The van der Waals surface area contributed by atoms with Gasteiger partial charge in [-0.1, -0.05) is 13.8 Å². The largest absolute Gasteiger partial charge is 0.496 e. The van der Waals surface area contributed by atoms with Crippen molar-refractivity contribution in [2.75, 3.05) is 6.61 Å². The molecule has 0 unspecified atom stereocenters. The number of hydrogen-bond donors (Lipinski definition) is 1. The van der Waals surface area contributed by atoms with Gasteiger partial charge < -0.3 is 14.3 Å². The van der Waals surface area contributed by atoms with Crippen molar-refractivity contribution < 1.29 is 9.31 Å².